The third-order valence-electron chi connectivity index (χ3n) is 2.84. The van der Waals surface area contributed by atoms with E-state index in [1.54, 1.807) is 16.4 Å². The molecule has 0 N–H and O–H groups in total. The number of carbonyl (C=O) groups excluding carboxylic acids is 2. The average Bonchev–Trinajstić information content (AvgIpc) is 2.39. The Morgan fingerprint density at radius 3 is 2.41 bits per heavy atom. The molecule has 5 heteroatoms. The van der Waals surface area contributed by atoms with E-state index in [0.29, 0.717) is 18.7 Å². The molecule has 1 fully saturated rings. The molecule has 1 saturated heterocycles. The van der Waals surface area contributed by atoms with Crippen LogP contribution < -0.4 is 0 Å². The summed E-state index contributed by atoms with van der Waals surface area (Å²) in [5.74, 6) is -0.132. The minimum atomic E-state index is -0.155. The maximum Gasteiger partial charge on any atom is 0.454 e. The van der Waals surface area contributed by atoms with Crippen LogP contribution in [0, 0.1) is 0 Å². The van der Waals surface area contributed by atoms with Gasteiger partial charge in [-0.2, -0.15) is 4.31 Å². The predicted molar refractivity (Wildman–Crippen MR) is 66.9 cm³/mol. The maximum absolute atomic E-state index is 12.4. The van der Waals surface area contributed by atoms with Gasteiger partial charge in [0, 0.05) is 6.54 Å². The lowest BCUT2D eigenvalue weighted by Crippen LogP contribution is -2.65. The summed E-state index contributed by atoms with van der Waals surface area (Å²) in [6, 6.07) is 8.86. The van der Waals surface area contributed by atoms with Crippen molar-refractivity contribution < 1.29 is 13.5 Å². The zero-order chi connectivity index (χ0) is 12.5. The molecule has 2 rings (SSSR count). The summed E-state index contributed by atoms with van der Waals surface area (Å²) in [4.78, 5) is 24.4. The summed E-state index contributed by atoms with van der Waals surface area (Å²) >= 11 is 1.30. The fraction of sp³-hybridized carbons (Fsp3) is 0.333. The second-order valence-corrected chi connectivity index (χ2v) is 5.01. The van der Waals surface area contributed by atoms with Crippen molar-refractivity contribution in [2.45, 2.75) is 13.8 Å². The van der Waals surface area contributed by atoms with Crippen molar-refractivity contribution in [2.75, 3.05) is 13.1 Å². The highest BCUT2D eigenvalue weighted by Gasteiger charge is 2.60. The van der Waals surface area contributed by atoms with Gasteiger partial charge in [0.1, 0.15) is 6.54 Å². The zero-order valence-corrected chi connectivity index (χ0v) is 10.7. The first-order valence-electron chi connectivity index (χ1n) is 5.65. The molecule has 1 aromatic rings. The molecule has 0 saturated carbocycles. The number of carbonyl (C=O) groups is 2. The summed E-state index contributed by atoms with van der Waals surface area (Å²) in [6.07, 6.45) is 0. The molecule has 1 atom stereocenters. The van der Waals surface area contributed by atoms with Crippen LogP contribution in [-0.2, 0) is 0 Å². The maximum atomic E-state index is 12.4. The van der Waals surface area contributed by atoms with Crippen molar-refractivity contribution >= 4 is 24.1 Å². The van der Waals surface area contributed by atoms with Gasteiger partial charge in [-0.25, -0.2) is 9.59 Å². The van der Waals surface area contributed by atoms with Crippen LogP contribution in [0.25, 0.3) is 0 Å². The fourth-order valence-electron chi connectivity index (χ4n) is 1.83. The van der Waals surface area contributed by atoms with Crippen molar-refractivity contribution in [3.63, 3.8) is 0 Å². The molecular weight excluding hydrogens is 236 g/mol. The molecule has 0 spiro atoms. The van der Waals surface area contributed by atoms with E-state index in [1.165, 1.54) is 12.1 Å². The van der Waals surface area contributed by atoms with Crippen molar-refractivity contribution in [3.05, 3.63) is 35.9 Å². The van der Waals surface area contributed by atoms with E-state index in [2.05, 4.69) is 0 Å². The monoisotopic (exact) mass is 251 g/mol. The van der Waals surface area contributed by atoms with E-state index in [-0.39, 0.29) is 15.8 Å². The smallest absolute Gasteiger partial charge is 0.224 e. The van der Waals surface area contributed by atoms with Gasteiger partial charge in [0.05, 0.1) is 5.56 Å². The van der Waals surface area contributed by atoms with E-state index in [0.717, 1.165) is 0 Å². The van der Waals surface area contributed by atoms with Gasteiger partial charge in [-0.15, -0.1) is 0 Å². The van der Waals surface area contributed by atoms with Crippen LogP contribution in [0.4, 0.5) is 4.79 Å². The van der Waals surface area contributed by atoms with Gasteiger partial charge in [-0.1, -0.05) is 22.1 Å². The van der Waals surface area contributed by atoms with Gasteiger partial charge in [0.15, 0.2) is 0 Å². The number of amides is 3. The molecule has 1 aliphatic heterocycles. The normalized spacial score (nSPS) is 23.4. The lowest BCUT2D eigenvalue weighted by atomic mass is 10.2. The SMILES string of the molecule is CCN1S[N+](CC)(C(=O)c2ccccc2)C1=O. The first-order chi connectivity index (χ1) is 8.15. The first-order valence-corrected chi connectivity index (χ1v) is 6.38. The topological polar surface area (TPSA) is 37.4 Å². The summed E-state index contributed by atoms with van der Waals surface area (Å²) in [5, 5.41) is 0. The number of nitrogens with zero attached hydrogens (tertiary/aromatic N) is 2. The molecule has 17 heavy (non-hydrogen) atoms. The molecule has 0 aromatic heterocycles. The lowest BCUT2D eigenvalue weighted by molar-refractivity contribution is -0.641. The van der Waals surface area contributed by atoms with Crippen LogP contribution in [0.2, 0.25) is 0 Å². The van der Waals surface area contributed by atoms with Crippen molar-refractivity contribution in [2.24, 2.45) is 0 Å². The summed E-state index contributed by atoms with van der Waals surface area (Å²) < 4.78 is 1.46. The Morgan fingerprint density at radius 2 is 1.94 bits per heavy atom. The summed E-state index contributed by atoms with van der Waals surface area (Å²) in [5.41, 5.74) is 0.589. The minimum absolute atomic E-state index is 0.117. The molecule has 1 aliphatic rings. The Bertz CT molecular complexity index is 449. The van der Waals surface area contributed by atoms with Crippen LogP contribution in [0.1, 0.15) is 24.2 Å². The van der Waals surface area contributed by atoms with Crippen molar-refractivity contribution in [1.29, 1.82) is 0 Å². The quantitative estimate of drug-likeness (QED) is 0.612. The Morgan fingerprint density at radius 1 is 1.29 bits per heavy atom. The molecule has 1 unspecified atom stereocenters. The molecule has 4 nitrogen and oxygen atoms in total. The van der Waals surface area contributed by atoms with Gasteiger partial charge in [0.25, 0.3) is 0 Å². The largest absolute Gasteiger partial charge is 0.454 e. The number of urea groups is 1. The summed E-state index contributed by atoms with van der Waals surface area (Å²) in [7, 11) is 0. The van der Waals surface area contributed by atoms with E-state index in [1.807, 2.05) is 32.0 Å². The molecule has 3 amide bonds. The Balaban J connectivity index is 2.27. The Kier molecular flexibility index (Phi) is 3.22. The highest BCUT2D eigenvalue weighted by Crippen LogP contribution is 2.41. The third-order valence-corrected chi connectivity index (χ3v) is 4.31. The minimum Gasteiger partial charge on any atom is -0.224 e. The van der Waals surface area contributed by atoms with Crippen molar-refractivity contribution in [3.8, 4) is 0 Å². The third kappa shape index (κ3) is 1.75. The van der Waals surface area contributed by atoms with Gasteiger partial charge in [0.2, 0.25) is 12.1 Å². The lowest BCUT2D eigenvalue weighted by Gasteiger charge is -2.41. The second-order valence-electron chi connectivity index (χ2n) is 3.79. The molecule has 0 bridgehead atoms. The molecular formula is C12H15N2O2S+. The standard InChI is InChI=1S/C12H15N2O2S/c1-3-13-12(16)14(4-2,17-13)11(15)10-8-6-5-7-9-10/h5-9H,3-4H2,1-2H3/q+1. The van der Waals surface area contributed by atoms with Gasteiger partial charge >= 0.3 is 11.9 Å². The van der Waals surface area contributed by atoms with E-state index in [4.69, 9.17) is 0 Å². The number of rotatable bonds is 3. The predicted octanol–water partition coefficient (Wildman–Crippen LogP) is 2.68. The molecule has 1 aromatic carbocycles. The molecule has 0 aliphatic carbocycles. The van der Waals surface area contributed by atoms with Crippen molar-refractivity contribution in [1.82, 2.24) is 4.31 Å². The van der Waals surface area contributed by atoms with Crippen LogP contribution >= 0.6 is 12.1 Å². The van der Waals surface area contributed by atoms with E-state index >= 15 is 0 Å². The van der Waals surface area contributed by atoms with E-state index < -0.39 is 0 Å². The highest BCUT2D eigenvalue weighted by atomic mass is 32.2. The molecule has 0 radical (unpaired) electrons. The highest BCUT2D eigenvalue weighted by molar-refractivity contribution is 7.94. The van der Waals surface area contributed by atoms with Gasteiger partial charge in [-0.3, -0.25) is 0 Å². The number of quaternary nitrogens is 1. The van der Waals surface area contributed by atoms with Gasteiger partial charge < -0.3 is 0 Å². The average molecular weight is 251 g/mol. The molecule has 90 valence electrons. The second kappa shape index (κ2) is 4.50. The number of hydrogen-bond acceptors (Lipinski definition) is 3. The van der Waals surface area contributed by atoms with E-state index in [9.17, 15) is 9.59 Å². The molecule has 1 heterocycles. The van der Waals surface area contributed by atoms with Crippen LogP contribution in [0.3, 0.4) is 0 Å². The number of benzene rings is 1. The number of imide groups is 1. The summed E-state index contributed by atoms with van der Waals surface area (Å²) in [6.45, 7) is 4.87. The Labute approximate surface area is 105 Å². The van der Waals surface area contributed by atoms with Crippen LogP contribution in [0.15, 0.2) is 30.3 Å². The Hall–Kier alpha value is -1.33. The number of hydrogen-bond donors (Lipinski definition) is 0. The fourth-order valence-corrected chi connectivity index (χ4v) is 2.84. The van der Waals surface area contributed by atoms with Crippen LogP contribution in [0.5, 0.6) is 0 Å². The van der Waals surface area contributed by atoms with Crippen LogP contribution in [-0.4, -0.2) is 33.2 Å². The first kappa shape index (κ1) is 12.1. The zero-order valence-electron chi connectivity index (χ0n) is 9.92. The van der Waals surface area contributed by atoms with Gasteiger partial charge in [-0.05, 0) is 26.0 Å².